The number of ether oxygens (including phenoxy) is 1. The minimum Gasteiger partial charge on any atom is -0.496 e. The van der Waals surface area contributed by atoms with E-state index in [0.29, 0.717) is 6.54 Å². The molecule has 0 amide bonds. The largest absolute Gasteiger partial charge is 0.496 e. The van der Waals surface area contributed by atoms with E-state index >= 15 is 0 Å². The standard InChI is InChI=1S/C15H16N4O3S/c1-10-7-14-13(8-15(10)22-2)17-18-19(14)12-5-3-11(4-6-12)9-16-23(20)21/h3-8,16H,9H2,1-2H3,(H,20,21). The van der Waals surface area contributed by atoms with Gasteiger partial charge in [-0.3, -0.25) is 4.55 Å². The number of nitrogens with one attached hydrogen (secondary N) is 1. The highest BCUT2D eigenvalue weighted by molar-refractivity contribution is 7.77. The van der Waals surface area contributed by atoms with Gasteiger partial charge in [0.1, 0.15) is 11.3 Å². The van der Waals surface area contributed by atoms with E-state index in [2.05, 4.69) is 15.0 Å². The van der Waals surface area contributed by atoms with Crippen molar-refractivity contribution >= 4 is 22.3 Å². The summed E-state index contributed by atoms with van der Waals surface area (Å²) in [7, 11) is 1.63. The molecule has 0 aliphatic heterocycles. The van der Waals surface area contributed by atoms with Crippen LogP contribution >= 0.6 is 0 Å². The Hall–Kier alpha value is -2.29. The van der Waals surface area contributed by atoms with Crippen LogP contribution in [0.2, 0.25) is 0 Å². The predicted molar refractivity (Wildman–Crippen MR) is 87.8 cm³/mol. The SMILES string of the molecule is COc1cc2nnn(-c3ccc(CNS(=O)O)cc3)c2cc1C. The summed E-state index contributed by atoms with van der Waals surface area (Å²) in [6.45, 7) is 2.29. The average Bonchev–Trinajstić information content (AvgIpc) is 2.95. The van der Waals surface area contributed by atoms with Gasteiger partial charge in [-0.25, -0.2) is 13.6 Å². The fourth-order valence-corrected chi connectivity index (χ4v) is 2.65. The van der Waals surface area contributed by atoms with E-state index in [-0.39, 0.29) is 0 Å². The van der Waals surface area contributed by atoms with Crippen LogP contribution in [0.1, 0.15) is 11.1 Å². The van der Waals surface area contributed by atoms with Crippen molar-refractivity contribution in [2.75, 3.05) is 7.11 Å². The van der Waals surface area contributed by atoms with Crippen LogP contribution in [0.25, 0.3) is 16.7 Å². The fraction of sp³-hybridized carbons (Fsp3) is 0.200. The number of benzene rings is 2. The smallest absolute Gasteiger partial charge is 0.232 e. The van der Waals surface area contributed by atoms with Crippen molar-refractivity contribution in [1.29, 1.82) is 0 Å². The molecule has 0 saturated heterocycles. The second-order valence-electron chi connectivity index (χ2n) is 5.05. The van der Waals surface area contributed by atoms with Crippen LogP contribution in [0.5, 0.6) is 5.75 Å². The number of hydrogen-bond acceptors (Lipinski definition) is 4. The van der Waals surface area contributed by atoms with Crippen molar-refractivity contribution in [2.45, 2.75) is 13.5 Å². The number of aryl methyl sites for hydroxylation is 1. The zero-order chi connectivity index (χ0) is 16.4. The van der Waals surface area contributed by atoms with Crippen LogP contribution in [0.4, 0.5) is 0 Å². The van der Waals surface area contributed by atoms with E-state index < -0.39 is 11.3 Å². The molecule has 120 valence electrons. The third-order valence-corrected chi connectivity index (χ3v) is 3.93. The third kappa shape index (κ3) is 3.24. The molecule has 0 aliphatic rings. The minimum atomic E-state index is -2.01. The monoisotopic (exact) mass is 332 g/mol. The molecule has 7 nitrogen and oxygen atoms in total. The zero-order valence-corrected chi connectivity index (χ0v) is 13.5. The lowest BCUT2D eigenvalue weighted by atomic mass is 10.2. The number of rotatable bonds is 5. The van der Waals surface area contributed by atoms with Crippen molar-refractivity contribution in [2.24, 2.45) is 0 Å². The van der Waals surface area contributed by atoms with Gasteiger partial charge < -0.3 is 4.74 Å². The Morgan fingerprint density at radius 3 is 2.70 bits per heavy atom. The first-order chi connectivity index (χ1) is 11.1. The Balaban J connectivity index is 1.94. The summed E-state index contributed by atoms with van der Waals surface area (Å²) in [4.78, 5) is 0. The van der Waals surface area contributed by atoms with Gasteiger partial charge >= 0.3 is 0 Å². The van der Waals surface area contributed by atoms with Crippen molar-refractivity contribution in [3.8, 4) is 11.4 Å². The Morgan fingerprint density at radius 2 is 2.04 bits per heavy atom. The highest BCUT2D eigenvalue weighted by Crippen LogP contribution is 2.25. The van der Waals surface area contributed by atoms with E-state index in [1.165, 1.54) is 0 Å². The molecule has 8 heteroatoms. The van der Waals surface area contributed by atoms with E-state index in [4.69, 9.17) is 9.29 Å². The molecule has 0 spiro atoms. The average molecular weight is 332 g/mol. The summed E-state index contributed by atoms with van der Waals surface area (Å²) in [5.41, 5.74) is 4.43. The molecule has 3 rings (SSSR count). The molecular formula is C15H16N4O3S. The molecule has 2 N–H and O–H groups in total. The van der Waals surface area contributed by atoms with Crippen LogP contribution in [0, 0.1) is 6.92 Å². The molecule has 0 fully saturated rings. The second kappa shape index (κ2) is 6.45. The topological polar surface area (TPSA) is 89.3 Å². The summed E-state index contributed by atoms with van der Waals surface area (Å²) >= 11 is -2.01. The van der Waals surface area contributed by atoms with Crippen LogP contribution in [-0.4, -0.2) is 30.9 Å². The molecular weight excluding hydrogens is 316 g/mol. The Morgan fingerprint density at radius 1 is 1.30 bits per heavy atom. The van der Waals surface area contributed by atoms with Gasteiger partial charge in [-0.1, -0.05) is 17.3 Å². The molecule has 1 aromatic heterocycles. The Labute approximate surface area is 135 Å². The van der Waals surface area contributed by atoms with Gasteiger partial charge in [0.2, 0.25) is 11.3 Å². The molecule has 0 radical (unpaired) electrons. The fourth-order valence-electron chi connectivity index (χ4n) is 2.36. The highest BCUT2D eigenvalue weighted by Gasteiger charge is 2.10. The molecule has 0 saturated carbocycles. The maximum absolute atomic E-state index is 10.6. The maximum Gasteiger partial charge on any atom is 0.232 e. The summed E-state index contributed by atoms with van der Waals surface area (Å²) in [6.07, 6.45) is 0. The lowest BCUT2D eigenvalue weighted by molar-refractivity contribution is 0.412. The molecule has 2 aromatic carbocycles. The van der Waals surface area contributed by atoms with Gasteiger partial charge in [0.15, 0.2) is 0 Å². The van der Waals surface area contributed by atoms with Crippen LogP contribution < -0.4 is 9.46 Å². The predicted octanol–water partition coefficient (Wildman–Crippen LogP) is 1.96. The van der Waals surface area contributed by atoms with Gasteiger partial charge in [-0.15, -0.1) is 5.10 Å². The van der Waals surface area contributed by atoms with Gasteiger partial charge in [-0.2, -0.15) is 0 Å². The van der Waals surface area contributed by atoms with E-state index in [1.54, 1.807) is 11.8 Å². The van der Waals surface area contributed by atoms with Crippen LogP contribution in [0.15, 0.2) is 36.4 Å². The quantitative estimate of drug-likeness (QED) is 0.697. The van der Waals surface area contributed by atoms with Crippen LogP contribution in [-0.2, 0) is 17.8 Å². The normalized spacial score (nSPS) is 12.5. The maximum atomic E-state index is 10.6. The first-order valence-corrected chi connectivity index (χ1v) is 8.03. The summed E-state index contributed by atoms with van der Waals surface area (Å²) in [5, 5.41) is 8.37. The Kier molecular flexibility index (Phi) is 4.37. The summed E-state index contributed by atoms with van der Waals surface area (Å²) in [5.74, 6) is 0.781. The molecule has 1 unspecified atom stereocenters. The summed E-state index contributed by atoms with van der Waals surface area (Å²) < 4.78 is 28.9. The van der Waals surface area contributed by atoms with Gasteiger partial charge in [0, 0.05) is 12.6 Å². The highest BCUT2D eigenvalue weighted by atomic mass is 32.2. The van der Waals surface area contributed by atoms with Gasteiger partial charge in [0.25, 0.3) is 0 Å². The molecule has 23 heavy (non-hydrogen) atoms. The van der Waals surface area contributed by atoms with E-state index in [1.807, 2.05) is 43.3 Å². The summed E-state index contributed by atoms with van der Waals surface area (Å²) in [6, 6.07) is 11.4. The van der Waals surface area contributed by atoms with Crippen molar-refractivity contribution in [1.82, 2.24) is 19.7 Å². The number of hydrogen-bond donors (Lipinski definition) is 2. The van der Waals surface area contributed by atoms with Crippen molar-refractivity contribution in [3.63, 3.8) is 0 Å². The van der Waals surface area contributed by atoms with Crippen molar-refractivity contribution in [3.05, 3.63) is 47.5 Å². The molecule has 0 aliphatic carbocycles. The number of nitrogens with zero attached hydrogens (tertiary/aromatic N) is 3. The zero-order valence-electron chi connectivity index (χ0n) is 12.7. The number of fused-ring (bicyclic) bond motifs is 1. The molecule has 3 aromatic rings. The molecule has 1 heterocycles. The lowest BCUT2D eigenvalue weighted by Crippen LogP contribution is -2.15. The third-order valence-electron chi connectivity index (χ3n) is 3.54. The first-order valence-electron chi connectivity index (χ1n) is 6.92. The van der Waals surface area contributed by atoms with Crippen LogP contribution in [0.3, 0.4) is 0 Å². The number of methoxy groups -OCH3 is 1. The van der Waals surface area contributed by atoms with Gasteiger partial charge in [-0.05, 0) is 36.2 Å². The minimum absolute atomic E-state index is 0.317. The van der Waals surface area contributed by atoms with E-state index in [0.717, 1.165) is 33.6 Å². The number of aromatic nitrogens is 3. The lowest BCUT2D eigenvalue weighted by Gasteiger charge is -2.07. The first kappa shape index (κ1) is 15.6. The molecule has 1 atom stereocenters. The van der Waals surface area contributed by atoms with E-state index in [9.17, 15) is 4.21 Å². The second-order valence-corrected chi connectivity index (χ2v) is 5.84. The van der Waals surface area contributed by atoms with Crippen molar-refractivity contribution < 1.29 is 13.5 Å². The Bertz CT molecular complexity index is 861. The van der Waals surface area contributed by atoms with Gasteiger partial charge in [0.05, 0.1) is 18.3 Å². The molecule has 0 bridgehead atoms.